The van der Waals surface area contributed by atoms with Crippen molar-refractivity contribution in [3.05, 3.63) is 41.9 Å². The van der Waals surface area contributed by atoms with Crippen molar-refractivity contribution in [3.8, 4) is 0 Å². The van der Waals surface area contributed by atoms with Gasteiger partial charge in [0.2, 0.25) is 0 Å². The number of aromatic nitrogens is 2. The molecule has 2 aromatic rings. The lowest BCUT2D eigenvalue weighted by molar-refractivity contribution is 0.601. The van der Waals surface area contributed by atoms with Gasteiger partial charge in [-0.3, -0.25) is 4.72 Å². The predicted molar refractivity (Wildman–Crippen MR) is 73.2 cm³/mol. The van der Waals surface area contributed by atoms with E-state index >= 15 is 0 Å². The zero-order chi connectivity index (χ0) is 14.0. The molecule has 0 saturated heterocycles. The summed E-state index contributed by atoms with van der Waals surface area (Å²) in [5, 5.41) is 0. The number of anilines is 2. The summed E-state index contributed by atoms with van der Waals surface area (Å²) in [6.07, 6.45) is 1.32. The van der Waals surface area contributed by atoms with Crippen LogP contribution in [0.25, 0.3) is 0 Å². The number of aryl methyl sites for hydroxylation is 1. The molecule has 100 valence electrons. The number of benzene rings is 1. The quantitative estimate of drug-likeness (QED) is 0.829. The van der Waals surface area contributed by atoms with E-state index in [4.69, 9.17) is 5.73 Å². The summed E-state index contributed by atoms with van der Waals surface area (Å²) >= 11 is 0. The number of rotatable bonds is 3. The molecule has 0 saturated carbocycles. The molecule has 0 radical (unpaired) electrons. The fourth-order valence-corrected chi connectivity index (χ4v) is 2.55. The maximum Gasteiger partial charge on any atom is 0.263 e. The minimum Gasteiger partial charge on any atom is -0.399 e. The van der Waals surface area contributed by atoms with Crippen LogP contribution in [-0.2, 0) is 10.0 Å². The van der Waals surface area contributed by atoms with Crippen LogP contribution in [0.15, 0.2) is 35.5 Å². The van der Waals surface area contributed by atoms with Crippen LogP contribution in [-0.4, -0.2) is 18.4 Å². The van der Waals surface area contributed by atoms with Crippen LogP contribution in [0.1, 0.15) is 11.3 Å². The van der Waals surface area contributed by atoms with Gasteiger partial charge in [0, 0.05) is 16.9 Å². The summed E-state index contributed by atoms with van der Waals surface area (Å²) in [6, 6.07) is 5.96. The van der Waals surface area contributed by atoms with Crippen molar-refractivity contribution in [2.75, 3.05) is 10.5 Å². The average molecular weight is 278 g/mol. The van der Waals surface area contributed by atoms with Crippen molar-refractivity contribution >= 4 is 21.5 Å². The van der Waals surface area contributed by atoms with Crippen LogP contribution in [0.2, 0.25) is 0 Å². The highest BCUT2D eigenvalue weighted by atomic mass is 32.2. The monoisotopic (exact) mass is 278 g/mol. The van der Waals surface area contributed by atoms with Crippen LogP contribution in [0, 0.1) is 13.8 Å². The molecule has 0 aliphatic heterocycles. The van der Waals surface area contributed by atoms with Gasteiger partial charge in [0.1, 0.15) is 12.1 Å². The van der Waals surface area contributed by atoms with Crippen molar-refractivity contribution in [1.29, 1.82) is 0 Å². The molecule has 0 spiro atoms. The molecule has 2 rings (SSSR count). The van der Waals surface area contributed by atoms with Crippen molar-refractivity contribution in [3.63, 3.8) is 0 Å². The Labute approximate surface area is 111 Å². The third-order valence-corrected chi connectivity index (χ3v) is 4.11. The van der Waals surface area contributed by atoms with E-state index in [9.17, 15) is 8.42 Å². The summed E-state index contributed by atoms with van der Waals surface area (Å²) in [5.41, 5.74) is 7.46. The normalized spacial score (nSPS) is 11.3. The maximum atomic E-state index is 12.2. The Hall–Kier alpha value is -2.15. The lowest BCUT2D eigenvalue weighted by Crippen LogP contribution is -2.15. The van der Waals surface area contributed by atoms with Crippen molar-refractivity contribution < 1.29 is 8.42 Å². The molecule has 7 heteroatoms. The third kappa shape index (κ3) is 2.82. The van der Waals surface area contributed by atoms with E-state index in [-0.39, 0.29) is 10.7 Å². The van der Waals surface area contributed by atoms with Crippen molar-refractivity contribution in [1.82, 2.24) is 9.97 Å². The molecular weight excluding hydrogens is 264 g/mol. The van der Waals surface area contributed by atoms with E-state index < -0.39 is 10.0 Å². The van der Waals surface area contributed by atoms with Crippen molar-refractivity contribution in [2.24, 2.45) is 0 Å². The third-order valence-electron chi connectivity index (χ3n) is 2.76. The Kier molecular flexibility index (Phi) is 3.39. The molecular formula is C12H14N4O2S. The summed E-state index contributed by atoms with van der Waals surface area (Å²) in [5.74, 6) is 0.282. The van der Waals surface area contributed by atoms with Gasteiger partial charge in [-0.1, -0.05) is 0 Å². The predicted octanol–water partition coefficient (Wildman–Crippen LogP) is 1.48. The first-order valence-corrected chi connectivity index (χ1v) is 7.05. The molecule has 6 nitrogen and oxygen atoms in total. The fraction of sp³-hybridized carbons (Fsp3) is 0.167. The first-order chi connectivity index (χ1) is 8.90. The molecule has 0 fully saturated rings. The van der Waals surface area contributed by atoms with E-state index in [1.807, 2.05) is 0 Å². The lowest BCUT2D eigenvalue weighted by atomic mass is 10.2. The Morgan fingerprint density at radius 3 is 2.37 bits per heavy atom. The smallest absolute Gasteiger partial charge is 0.263 e. The van der Waals surface area contributed by atoms with Crippen molar-refractivity contribution in [2.45, 2.75) is 18.7 Å². The average Bonchev–Trinajstić information content (AvgIpc) is 2.35. The molecule has 0 aliphatic carbocycles. The van der Waals surface area contributed by atoms with E-state index in [1.54, 1.807) is 13.8 Å². The van der Waals surface area contributed by atoms with Gasteiger partial charge < -0.3 is 5.73 Å². The Morgan fingerprint density at radius 1 is 1.11 bits per heavy atom. The topological polar surface area (TPSA) is 98.0 Å². The van der Waals surface area contributed by atoms with Crippen LogP contribution < -0.4 is 10.5 Å². The van der Waals surface area contributed by atoms with E-state index in [1.165, 1.54) is 30.6 Å². The van der Waals surface area contributed by atoms with Gasteiger partial charge in [0.15, 0.2) is 0 Å². The number of nitrogens with zero attached hydrogens (tertiary/aromatic N) is 2. The molecule has 0 aliphatic rings. The van der Waals surface area contributed by atoms with Crippen LogP contribution >= 0.6 is 0 Å². The maximum absolute atomic E-state index is 12.2. The zero-order valence-corrected chi connectivity index (χ0v) is 11.4. The van der Waals surface area contributed by atoms with Gasteiger partial charge in [-0.15, -0.1) is 0 Å². The number of nitrogen functional groups attached to an aromatic ring is 1. The zero-order valence-electron chi connectivity index (χ0n) is 10.6. The van der Waals surface area contributed by atoms with Crippen LogP contribution in [0.5, 0.6) is 0 Å². The molecule has 3 N–H and O–H groups in total. The highest BCUT2D eigenvalue weighted by Gasteiger charge is 2.16. The van der Waals surface area contributed by atoms with Gasteiger partial charge >= 0.3 is 0 Å². The second-order valence-electron chi connectivity index (χ2n) is 4.11. The summed E-state index contributed by atoms with van der Waals surface area (Å²) in [4.78, 5) is 8.07. The molecule has 1 heterocycles. The van der Waals surface area contributed by atoms with Gasteiger partial charge in [0.25, 0.3) is 10.0 Å². The van der Waals surface area contributed by atoms with E-state index in [2.05, 4.69) is 14.7 Å². The minimum absolute atomic E-state index is 0.136. The first kappa shape index (κ1) is 13.3. The molecule has 1 aromatic carbocycles. The van der Waals surface area contributed by atoms with E-state index in [0.717, 1.165) is 5.69 Å². The number of hydrogen-bond acceptors (Lipinski definition) is 5. The Balaban J connectivity index is 2.36. The Bertz CT molecular complexity index is 696. The molecule has 19 heavy (non-hydrogen) atoms. The summed E-state index contributed by atoms with van der Waals surface area (Å²) < 4.78 is 26.8. The SMILES string of the molecule is Cc1ncnc(NS(=O)(=O)c2ccc(N)cc2)c1C. The number of sulfonamides is 1. The van der Waals surface area contributed by atoms with Gasteiger partial charge in [-0.2, -0.15) is 0 Å². The molecule has 0 bridgehead atoms. The number of nitrogens with one attached hydrogen (secondary N) is 1. The molecule has 1 aromatic heterocycles. The number of hydrogen-bond donors (Lipinski definition) is 2. The van der Waals surface area contributed by atoms with Gasteiger partial charge in [0.05, 0.1) is 4.90 Å². The minimum atomic E-state index is -3.67. The Morgan fingerprint density at radius 2 is 1.74 bits per heavy atom. The first-order valence-electron chi connectivity index (χ1n) is 5.57. The largest absolute Gasteiger partial charge is 0.399 e. The standard InChI is InChI=1S/C12H14N4O2S/c1-8-9(2)14-7-15-12(8)16-19(17,18)11-5-3-10(13)4-6-11/h3-7H,13H2,1-2H3,(H,14,15,16). The fourth-order valence-electron chi connectivity index (χ4n) is 1.47. The summed E-state index contributed by atoms with van der Waals surface area (Å²) in [7, 11) is -3.67. The lowest BCUT2D eigenvalue weighted by Gasteiger charge is -2.10. The van der Waals surface area contributed by atoms with Gasteiger partial charge in [-0.25, -0.2) is 18.4 Å². The van der Waals surface area contributed by atoms with Crippen LogP contribution in [0.3, 0.4) is 0 Å². The number of nitrogens with two attached hydrogens (primary N) is 1. The highest BCUT2D eigenvalue weighted by molar-refractivity contribution is 7.92. The molecule has 0 atom stereocenters. The summed E-state index contributed by atoms with van der Waals surface area (Å²) in [6.45, 7) is 3.55. The molecule has 0 amide bonds. The van der Waals surface area contributed by atoms with Gasteiger partial charge in [-0.05, 0) is 38.1 Å². The second-order valence-corrected chi connectivity index (χ2v) is 5.79. The van der Waals surface area contributed by atoms with Crippen LogP contribution in [0.4, 0.5) is 11.5 Å². The molecule has 0 unspecified atom stereocenters. The van der Waals surface area contributed by atoms with E-state index in [0.29, 0.717) is 11.3 Å². The second kappa shape index (κ2) is 4.85. The highest BCUT2D eigenvalue weighted by Crippen LogP contribution is 2.19.